The molecule has 0 heterocycles. The Hall–Kier alpha value is -1.82. The van der Waals surface area contributed by atoms with Crippen LogP contribution in [0.4, 0.5) is 13.2 Å². The van der Waals surface area contributed by atoms with E-state index >= 15 is 0 Å². The number of amides is 1. The minimum absolute atomic E-state index is 0.308. The number of hydrogen-bond donors (Lipinski definition) is 2. The maximum Gasteiger partial charge on any atom is 0.414 e. The van der Waals surface area contributed by atoms with Gasteiger partial charge in [0, 0.05) is 12.0 Å². The van der Waals surface area contributed by atoms with E-state index in [0.717, 1.165) is 5.56 Å². The largest absolute Gasteiger partial charge is 0.414 e. The van der Waals surface area contributed by atoms with E-state index in [1.54, 1.807) is 31.2 Å². The maximum atomic E-state index is 12.2. The maximum absolute atomic E-state index is 12.2. The van der Waals surface area contributed by atoms with Crippen molar-refractivity contribution in [1.29, 1.82) is 0 Å². The third-order valence-electron chi connectivity index (χ3n) is 2.79. The van der Waals surface area contributed by atoms with Crippen molar-refractivity contribution in [3.05, 3.63) is 48.0 Å². The van der Waals surface area contributed by atoms with E-state index in [0.29, 0.717) is 0 Å². The molecular weight excluding hydrogens is 271 g/mol. The third-order valence-corrected chi connectivity index (χ3v) is 2.79. The van der Waals surface area contributed by atoms with Gasteiger partial charge in [-0.05, 0) is 12.5 Å². The van der Waals surface area contributed by atoms with Crippen LogP contribution >= 0.6 is 0 Å². The van der Waals surface area contributed by atoms with Crippen LogP contribution in [0.15, 0.2) is 42.5 Å². The van der Waals surface area contributed by atoms with Crippen LogP contribution in [0, 0.1) is 0 Å². The Labute approximate surface area is 115 Å². The van der Waals surface area contributed by atoms with E-state index < -0.39 is 24.6 Å². The number of hydrogen-bond acceptors (Lipinski definition) is 2. The molecule has 2 atom stereocenters. The SMILES string of the molecule is C=C(CC(O)C(F)(F)F)C(=O)N[C@H](C)c1ccccc1. The van der Waals surface area contributed by atoms with Crippen molar-refractivity contribution in [2.24, 2.45) is 0 Å². The molecule has 1 rings (SSSR count). The molecule has 1 unspecified atom stereocenters. The fourth-order valence-corrected chi connectivity index (χ4v) is 1.57. The van der Waals surface area contributed by atoms with Gasteiger partial charge in [-0.2, -0.15) is 13.2 Å². The van der Waals surface area contributed by atoms with Crippen LogP contribution < -0.4 is 5.32 Å². The molecule has 1 amide bonds. The molecule has 6 heteroatoms. The molecule has 0 aliphatic rings. The van der Waals surface area contributed by atoms with E-state index in [9.17, 15) is 18.0 Å². The number of aliphatic hydroxyl groups is 1. The van der Waals surface area contributed by atoms with E-state index in [2.05, 4.69) is 11.9 Å². The highest BCUT2D eigenvalue weighted by Gasteiger charge is 2.38. The van der Waals surface area contributed by atoms with Crippen LogP contribution in [-0.2, 0) is 4.79 Å². The van der Waals surface area contributed by atoms with Gasteiger partial charge in [-0.25, -0.2) is 0 Å². The van der Waals surface area contributed by atoms with Crippen LogP contribution in [0.2, 0.25) is 0 Å². The van der Waals surface area contributed by atoms with Crippen molar-refractivity contribution in [3.63, 3.8) is 0 Å². The molecule has 3 nitrogen and oxygen atoms in total. The second-order valence-corrected chi connectivity index (χ2v) is 4.47. The smallest absolute Gasteiger partial charge is 0.383 e. The van der Waals surface area contributed by atoms with Crippen LogP contribution in [0.5, 0.6) is 0 Å². The van der Waals surface area contributed by atoms with Crippen LogP contribution in [0.1, 0.15) is 24.9 Å². The Morgan fingerprint density at radius 1 is 1.35 bits per heavy atom. The first-order valence-electron chi connectivity index (χ1n) is 6.00. The summed E-state index contributed by atoms with van der Waals surface area (Å²) in [5, 5.41) is 11.4. The number of alkyl halides is 3. The topological polar surface area (TPSA) is 49.3 Å². The lowest BCUT2D eigenvalue weighted by Crippen LogP contribution is -2.33. The van der Waals surface area contributed by atoms with Crippen LogP contribution in [-0.4, -0.2) is 23.3 Å². The first-order valence-corrected chi connectivity index (χ1v) is 6.00. The molecule has 0 aromatic heterocycles. The van der Waals surface area contributed by atoms with E-state index in [-0.39, 0.29) is 11.6 Å². The standard InChI is InChI=1S/C14H16F3NO2/c1-9(8-12(19)14(15,16)17)13(20)18-10(2)11-6-4-3-5-7-11/h3-7,10,12,19H,1,8H2,2H3,(H,18,20)/t10-,12?/m1/s1. The van der Waals surface area contributed by atoms with Crippen molar-refractivity contribution < 1.29 is 23.1 Å². The molecule has 0 radical (unpaired) electrons. The molecule has 0 bridgehead atoms. The number of benzene rings is 1. The molecule has 1 aromatic carbocycles. The zero-order valence-corrected chi connectivity index (χ0v) is 10.9. The van der Waals surface area contributed by atoms with E-state index in [4.69, 9.17) is 5.11 Å². The number of aliphatic hydroxyl groups excluding tert-OH is 1. The van der Waals surface area contributed by atoms with Gasteiger partial charge in [-0.1, -0.05) is 36.9 Å². The number of rotatable bonds is 5. The lowest BCUT2D eigenvalue weighted by molar-refractivity contribution is -0.203. The summed E-state index contributed by atoms with van der Waals surface area (Å²) in [6.07, 6.45) is -8.17. The number of carbonyl (C=O) groups is 1. The molecule has 110 valence electrons. The molecule has 0 aliphatic heterocycles. The fraction of sp³-hybridized carbons (Fsp3) is 0.357. The highest BCUT2D eigenvalue weighted by molar-refractivity contribution is 5.93. The van der Waals surface area contributed by atoms with Crippen molar-refractivity contribution in [1.82, 2.24) is 5.32 Å². The van der Waals surface area contributed by atoms with Gasteiger partial charge in [0.2, 0.25) is 5.91 Å². The van der Waals surface area contributed by atoms with Gasteiger partial charge in [0.25, 0.3) is 0 Å². The zero-order chi connectivity index (χ0) is 15.3. The monoisotopic (exact) mass is 287 g/mol. The second kappa shape index (κ2) is 6.56. The molecule has 2 N–H and O–H groups in total. The highest BCUT2D eigenvalue weighted by Crippen LogP contribution is 2.24. The Morgan fingerprint density at radius 3 is 2.40 bits per heavy atom. The average Bonchev–Trinajstić information content (AvgIpc) is 2.38. The molecule has 0 saturated heterocycles. The summed E-state index contributed by atoms with van der Waals surface area (Å²) >= 11 is 0. The van der Waals surface area contributed by atoms with Crippen molar-refractivity contribution in [2.75, 3.05) is 0 Å². The summed E-state index contributed by atoms with van der Waals surface area (Å²) in [6, 6.07) is 8.62. The Kier molecular flexibility index (Phi) is 5.33. The first-order chi connectivity index (χ1) is 9.21. The molecule has 0 fully saturated rings. The fourth-order valence-electron chi connectivity index (χ4n) is 1.57. The number of carbonyl (C=O) groups excluding carboxylic acids is 1. The van der Waals surface area contributed by atoms with Crippen molar-refractivity contribution in [3.8, 4) is 0 Å². The predicted octanol–water partition coefficient (Wildman–Crippen LogP) is 2.73. The van der Waals surface area contributed by atoms with Gasteiger partial charge in [0.1, 0.15) is 0 Å². The zero-order valence-electron chi connectivity index (χ0n) is 10.9. The minimum atomic E-state index is -4.76. The van der Waals surface area contributed by atoms with Gasteiger partial charge in [-0.3, -0.25) is 4.79 Å². The average molecular weight is 287 g/mol. The van der Waals surface area contributed by atoms with Gasteiger partial charge < -0.3 is 10.4 Å². The lowest BCUT2D eigenvalue weighted by Gasteiger charge is -2.18. The van der Waals surface area contributed by atoms with Crippen molar-refractivity contribution in [2.45, 2.75) is 31.7 Å². The summed E-state index contributed by atoms with van der Waals surface area (Å²) in [6.45, 7) is 4.99. The normalized spacial score (nSPS) is 14.4. The predicted molar refractivity (Wildman–Crippen MR) is 68.8 cm³/mol. The second-order valence-electron chi connectivity index (χ2n) is 4.47. The van der Waals surface area contributed by atoms with Crippen LogP contribution in [0.25, 0.3) is 0 Å². The van der Waals surface area contributed by atoms with Gasteiger partial charge in [0.05, 0.1) is 6.04 Å². The number of halogens is 3. The molecule has 20 heavy (non-hydrogen) atoms. The van der Waals surface area contributed by atoms with Gasteiger partial charge in [-0.15, -0.1) is 0 Å². The Morgan fingerprint density at radius 2 is 1.90 bits per heavy atom. The van der Waals surface area contributed by atoms with Gasteiger partial charge in [0.15, 0.2) is 6.10 Å². The third kappa shape index (κ3) is 4.70. The van der Waals surface area contributed by atoms with E-state index in [1.165, 1.54) is 0 Å². The molecular formula is C14H16F3NO2. The molecule has 0 aliphatic carbocycles. The summed E-state index contributed by atoms with van der Waals surface area (Å²) < 4.78 is 36.5. The highest BCUT2D eigenvalue weighted by atomic mass is 19.4. The lowest BCUT2D eigenvalue weighted by atomic mass is 10.1. The summed E-state index contributed by atoms with van der Waals surface area (Å²) in [4.78, 5) is 11.7. The molecule has 0 spiro atoms. The molecule has 1 aromatic rings. The Balaban J connectivity index is 2.57. The van der Waals surface area contributed by atoms with Crippen molar-refractivity contribution >= 4 is 5.91 Å². The quantitative estimate of drug-likeness (QED) is 0.818. The first kappa shape index (κ1) is 16.2. The minimum Gasteiger partial charge on any atom is -0.383 e. The van der Waals surface area contributed by atoms with E-state index in [1.807, 2.05) is 6.07 Å². The summed E-state index contributed by atoms with van der Waals surface area (Å²) in [7, 11) is 0. The van der Waals surface area contributed by atoms with Gasteiger partial charge >= 0.3 is 6.18 Å². The van der Waals surface area contributed by atoms with Crippen LogP contribution in [0.3, 0.4) is 0 Å². The summed E-state index contributed by atoms with van der Waals surface area (Å²) in [5.41, 5.74) is 0.516. The summed E-state index contributed by atoms with van der Waals surface area (Å²) in [5.74, 6) is -0.704. The number of nitrogens with one attached hydrogen (secondary N) is 1. The Bertz CT molecular complexity index is 471. The molecule has 0 saturated carbocycles.